The highest BCUT2D eigenvalue weighted by molar-refractivity contribution is 6.03. The van der Waals surface area contributed by atoms with Gasteiger partial charge >= 0.3 is 5.69 Å². The van der Waals surface area contributed by atoms with Crippen LogP contribution in [-0.4, -0.2) is 46.5 Å². The normalized spacial score (nSPS) is 19.5. The van der Waals surface area contributed by atoms with Crippen molar-refractivity contribution in [2.24, 2.45) is 0 Å². The molecule has 0 spiro atoms. The number of benzene rings is 5. The van der Waals surface area contributed by atoms with Crippen molar-refractivity contribution in [1.82, 2.24) is 9.55 Å². The second-order valence-electron chi connectivity index (χ2n) is 13.5. The van der Waals surface area contributed by atoms with Crippen LogP contribution in [0.5, 0.6) is 0 Å². The first kappa shape index (κ1) is 38.5. The summed E-state index contributed by atoms with van der Waals surface area (Å²) in [7, 11) is 0. The maximum absolute atomic E-state index is 13.8. The molecule has 1 saturated heterocycles. The zero-order valence-electron chi connectivity index (χ0n) is 31.0. The molecule has 56 heavy (non-hydrogen) atoms. The summed E-state index contributed by atoms with van der Waals surface area (Å²) in [6, 6.07) is 50.0. The summed E-state index contributed by atoms with van der Waals surface area (Å²) in [6.45, 7) is 1.35. The Morgan fingerprint density at radius 1 is 0.625 bits per heavy atom. The van der Waals surface area contributed by atoms with E-state index >= 15 is 0 Å². The van der Waals surface area contributed by atoms with Gasteiger partial charge in [0, 0.05) is 18.2 Å². The average Bonchev–Trinajstić information content (AvgIpc) is 3.39. The van der Waals surface area contributed by atoms with E-state index in [1.54, 1.807) is 36.5 Å². The van der Waals surface area contributed by atoms with Crippen LogP contribution in [0.2, 0.25) is 0 Å². The van der Waals surface area contributed by atoms with Gasteiger partial charge in [0.1, 0.15) is 30.4 Å². The van der Waals surface area contributed by atoms with Crippen LogP contribution in [0.4, 0.5) is 5.82 Å². The number of hydrogen-bond donors (Lipinski definition) is 1. The van der Waals surface area contributed by atoms with E-state index in [0.29, 0.717) is 25.4 Å². The molecule has 1 aliphatic heterocycles. The minimum Gasteiger partial charge on any atom is -0.374 e. The fourth-order valence-corrected chi connectivity index (χ4v) is 6.63. The number of anilines is 1. The van der Waals surface area contributed by atoms with Crippen LogP contribution in [0.15, 0.2) is 169 Å². The van der Waals surface area contributed by atoms with E-state index in [1.165, 1.54) is 4.57 Å². The number of ether oxygens (including phenoxy) is 5. The SMILES string of the molecule is O=C(Nc1ccn([C@@H]2C[C@H](OCc3ccccc3)[C@H](OCc3ccccc3)[C@H](OCc3ccccc3)[C@@H](COCc3ccccc3)O2)c(=O)n1)c1ccccc1. The Balaban J connectivity index is 1.23. The zero-order chi connectivity index (χ0) is 38.4. The molecular weight excluding hydrogens is 707 g/mol. The maximum Gasteiger partial charge on any atom is 0.351 e. The van der Waals surface area contributed by atoms with Gasteiger partial charge < -0.3 is 29.0 Å². The Hall–Kier alpha value is -5.75. The molecule has 2 heterocycles. The summed E-state index contributed by atoms with van der Waals surface area (Å²) in [4.78, 5) is 31.0. The number of nitrogens with zero attached hydrogens (tertiary/aromatic N) is 2. The third-order valence-electron chi connectivity index (χ3n) is 9.51. The van der Waals surface area contributed by atoms with Crippen molar-refractivity contribution < 1.29 is 28.5 Å². The second-order valence-corrected chi connectivity index (χ2v) is 13.5. The van der Waals surface area contributed by atoms with E-state index in [1.807, 2.05) is 127 Å². The van der Waals surface area contributed by atoms with E-state index in [4.69, 9.17) is 23.7 Å². The Morgan fingerprint density at radius 3 is 1.64 bits per heavy atom. The van der Waals surface area contributed by atoms with Crippen molar-refractivity contribution in [2.45, 2.75) is 63.5 Å². The molecule has 10 heteroatoms. The summed E-state index contributed by atoms with van der Waals surface area (Å²) in [6.07, 6.45) is -1.69. The van der Waals surface area contributed by atoms with Gasteiger partial charge in [0.15, 0.2) is 0 Å². The van der Waals surface area contributed by atoms with Crippen LogP contribution in [0.3, 0.4) is 0 Å². The molecule has 0 bridgehead atoms. The van der Waals surface area contributed by atoms with Gasteiger partial charge in [-0.25, -0.2) is 4.79 Å². The van der Waals surface area contributed by atoms with Gasteiger partial charge in [-0.2, -0.15) is 4.98 Å². The number of carbonyl (C=O) groups excluding carboxylic acids is 1. The summed E-state index contributed by atoms with van der Waals surface area (Å²) in [5.74, 6) is -0.246. The van der Waals surface area contributed by atoms with Crippen molar-refractivity contribution in [1.29, 1.82) is 0 Å². The lowest BCUT2D eigenvalue weighted by atomic mass is 10.0. The van der Waals surface area contributed by atoms with Crippen LogP contribution in [0.1, 0.15) is 45.3 Å². The van der Waals surface area contributed by atoms with E-state index in [2.05, 4.69) is 10.3 Å². The molecule has 5 aromatic carbocycles. The minimum absolute atomic E-state index is 0.126. The third kappa shape index (κ3) is 10.7. The van der Waals surface area contributed by atoms with Crippen LogP contribution in [0, 0.1) is 0 Å². The molecule has 1 fully saturated rings. The fraction of sp³-hybridized carbons (Fsp3) is 0.239. The first-order chi connectivity index (χ1) is 27.6. The molecule has 1 aliphatic rings. The number of rotatable bonds is 16. The topological polar surface area (TPSA) is 110 Å². The van der Waals surface area contributed by atoms with Crippen LogP contribution >= 0.6 is 0 Å². The summed E-state index contributed by atoms with van der Waals surface area (Å²) in [5.41, 5.74) is 3.81. The summed E-state index contributed by atoms with van der Waals surface area (Å²) in [5, 5.41) is 2.73. The molecule has 5 atom stereocenters. The quantitative estimate of drug-likeness (QED) is 0.107. The minimum atomic E-state index is -0.854. The lowest BCUT2D eigenvalue weighted by molar-refractivity contribution is -0.185. The molecule has 0 aliphatic carbocycles. The Kier molecular flexibility index (Phi) is 13.6. The van der Waals surface area contributed by atoms with Gasteiger partial charge in [0.25, 0.3) is 5.91 Å². The summed E-state index contributed by atoms with van der Waals surface area (Å²) >= 11 is 0. The first-order valence-corrected chi connectivity index (χ1v) is 18.8. The smallest absolute Gasteiger partial charge is 0.351 e. The highest BCUT2D eigenvalue weighted by atomic mass is 16.6. The number of aromatic nitrogens is 2. The van der Waals surface area contributed by atoms with E-state index < -0.39 is 36.3 Å². The van der Waals surface area contributed by atoms with Gasteiger partial charge in [0.2, 0.25) is 0 Å². The van der Waals surface area contributed by atoms with E-state index in [0.717, 1.165) is 22.3 Å². The van der Waals surface area contributed by atoms with Crippen molar-refractivity contribution in [2.75, 3.05) is 11.9 Å². The molecule has 0 radical (unpaired) electrons. The molecule has 1 amide bonds. The average molecular weight is 752 g/mol. The van der Waals surface area contributed by atoms with Gasteiger partial charge in [-0.15, -0.1) is 0 Å². The van der Waals surface area contributed by atoms with Gasteiger partial charge in [0.05, 0.1) is 39.1 Å². The van der Waals surface area contributed by atoms with Crippen molar-refractivity contribution in [3.63, 3.8) is 0 Å². The first-order valence-electron chi connectivity index (χ1n) is 18.8. The molecular formula is C46H45N3O7. The van der Waals surface area contributed by atoms with Crippen LogP contribution < -0.4 is 11.0 Å². The number of nitrogens with one attached hydrogen (secondary N) is 1. The van der Waals surface area contributed by atoms with Crippen LogP contribution in [-0.2, 0) is 50.1 Å². The zero-order valence-corrected chi connectivity index (χ0v) is 31.0. The highest BCUT2D eigenvalue weighted by Crippen LogP contribution is 2.33. The standard InChI is InChI=1S/C46H45N3O7/c50-45(38-24-14-5-15-25-38)47-41-26-27-49(46(51)48-41)42-28-39(53-30-35-18-8-2-9-19-35)43(54-31-36-20-10-3-11-21-36)44(55-32-37-22-12-4-13-23-37)40(56-42)33-52-29-34-16-6-1-7-17-34/h1-27,39-40,42-44H,28-33H2,(H,47,48,50,51)/t39-,40+,42-,43-,44+/m0/s1. The lowest BCUT2D eigenvalue weighted by Gasteiger charge is -2.34. The van der Waals surface area contributed by atoms with Gasteiger partial charge in [-0.3, -0.25) is 9.36 Å². The van der Waals surface area contributed by atoms with E-state index in [-0.39, 0.29) is 31.4 Å². The molecule has 1 N–H and O–H groups in total. The van der Waals surface area contributed by atoms with Crippen molar-refractivity contribution in [3.05, 3.63) is 202 Å². The second kappa shape index (κ2) is 19.7. The molecule has 10 nitrogen and oxygen atoms in total. The Morgan fingerprint density at radius 2 is 1.11 bits per heavy atom. The molecule has 286 valence electrons. The highest BCUT2D eigenvalue weighted by Gasteiger charge is 2.44. The van der Waals surface area contributed by atoms with Gasteiger partial charge in [-0.1, -0.05) is 140 Å². The predicted octanol–water partition coefficient (Wildman–Crippen LogP) is 7.76. The number of carbonyl (C=O) groups is 1. The Labute approximate surface area is 326 Å². The van der Waals surface area contributed by atoms with E-state index in [9.17, 15) is 9.59 Å². The maximum atomic E-state index is 13.8. The number of amides is 1. The summed E-state index contributed by atoms with van der Waals surface area (Å²) < 4.78 is 35.1. The molecule has 0 saturated carbocycles. The molecule has 7 rings (SSSR count). The van der Waals surface area contributed by atoms with Gasteiger partial charge in [-0.05, 0) is 40.5 Å². The molecule has 6 aromatic rings. The monoisotopic (exact) mass is 751 g/mol. The van der Waals surface area contributed by atoms with Crippen molar-refractivity contribution in [3.8, 4) is 0 Å². The Bertz CT molecular complexity index is 2140. The van der Waals surface area contributed by atoms with Crippen molar-refractivity contribution >= 4 is 11.7 Å². The largest absolute Gasteiger partial charge is 0.374 e. The predicted molar refractivity (Wildman–Crippen MR) is 213 cm³/mol. The molecule has 1 aromatic heterocycles. The molecule has 0 unspecified atom stereocenters. The lowest BCUT2D eigenvalue weighted by Crippen LogP contribution is -2.48. The van der Waals surface area contributed by atoms with Crippen LogP contribution in [0.25, 0.3) is 0 Å². The third-order valence-corrected chi connectivity index (χ3v) is 9.51. The number of hydrogen-bond acceptors (Lipinski definition) is 8. The fourth-order valence-electron chi connectivity index (χ4n) is 6.63.